The van der Waals surface area contributed by atoms with E-state index in [4.69, 9.17) is 14.2 Å². The summed E-state index contributed by atoms with van der Waals surface area (Å²) in [6.07, 6.45) is 4.13. The number of hydrogen-bond acceptors (Lipinski definition) is 6. The zero-order valence-electron chi connectivity index (χ0n) is 22.7. The average Bonchev–Trinajstić information content (AvgIpc) is 3.01. The van der Waals surface area contributed by atoms with Gasteiger partial charge in [0, 0.05) is 31.3 Å². The van der Waals surface area contributed by atoms with E-state index in [1.54, 1.807) is 12.1 Å². The van der Waals surface area contributed by atoms with Crippen LogP contribution >= 0.6 is 0 Å². The lowest BCUT2D eigenvalue weighted by molar-refractivity contribution is -0.147. The van der Waals surface area contributed by atoms with Crippen molar-refractivity contribution in [3.63, 3.8) is 0 Å². The summed E-state index contributed by atoms with van der Waals surface area (Å²) in [5.74, 6) is 1.43. The Morgan fingerprint density at radius 1 is 1.00 bits per heavy atom. The second-order valence-corrected chi connectivity index (χ2v) is 10.3. The number of carbonyl (C=O) groups is 1. The van der Waals surface area contributed by atoms with Gasteiger partial charge in [-0.15, -0.1) is 0 Å². The van der Waals surface area contributed by atoms with E-state index in [2.05, 4.69) is 35.3 Å². The van der Waals surface area contributed by atoms with Gasteiger partial charge < -0.3 is 19.4 Å². The van der Waals surface area contributed by atoms with Crippen molar-refractivity contribution < 1.29 is 24.2 Å². The number of benzene rings is 2. The van der Waals surface area contributed by atoms with Crippen LogP contribution in [0.1, 0.15) is 68.7 Å². The summed E-state index contributed by atoms with van der Waals surface area (Å²) in [6.45, 7) is 8.70. The zero-order valence-corrected chi connectivity index (χ0v) is 22.7. The van der Waals surface area contributed by atoms with Crippen LogP contribution in [0, 0.1) is 0 Å². The minimum absolute atomic E-state index is 0.0486. The van der Waals surface area contributed by atoms with Crippen LogP contribution in [0.3, 0.4) is 0 Å². The van der Waals surface area contributed by atoms with Gasteiger partial charge in [-0.1, -0.05) is 30.3 Å². The van der Waals surface area contributed by atoms with Crippen molar-refractivity contribution >= 4 is 5.97 Å². The van der Waals surface area contributed by atoms with E-state index in [1.807, 2.05) is 39.8 Å². The molecule has 0 amide bonds. The summed E-state index contributed by atoms with van der Waals surface area (Å²) < 4.78 is 18.2. The number of pyridine rings is 1. The number of rotatable bonds is 10. The molecule has 2 aromatic carbocycles. The van der Waals surface area contributed by atoms with Crippen molar-refractivity contribution in [3.05, 3.63) is 88.5 Å². The van der Waals surface area contributed by atoms with Crippen molar-refractivity contribution in [2.24, 2.45) is 4.99 Å². The molecule has 0 bridgehead atoms. The van der Waals surface area contributed by atoms with Gasteiger partial charge in [-0.25, -0.2) is 0 Å². The second-order valence-electron chi connectivity index (χ2n) is 10.3. The van der Waals surface area contributed by atoms with E-state index in [0.29, 0.717) is 37.2 Å². The highest BCUT2D eigenvalue weighted by atomic mass is 16.5. The van der Waals surface area contributed by atoms with E-state index < -0.39 is 0 Å². The standard InChI is InChI=1S/C31H38N2O5/c1-21(2)37-28-12-14-33(35)30(20-28)32-13-7-15-36-27-11-10-23-16-26(19-31(34)38-22(3)4)29-9-6-5-8-24(29)17-25(23)18-27/h5-6,8-12,14,18,20-22,26,35H,7,13,15-17,19H2,1-4H3/t26-/m0/s1. The third kappa shape index (κ3) is 7.40. The quantitative estimate of drug-likeness (QED) is 0.219. The van der Waals surface area contributed by atoms with Crippen LogP contribution in [-0.4, -0.2) is 41.3 Å². The predicted molar refractivity (Wildman–Crippen MR) is 146 cm³/mol. The monoisotopic (exact) mass is 518 g/mol. The fourth-order valence-electron chi connectivity index (χ4n) is 4.80. The minimum Gasteiger partial charge on any atom is -0.494 e. The summed E-state index contributed by atoms with van der Waals surface area (Å²) in [6, 6.07) is 18.1. The molecule has 0 fully saturated rings. The lowest BCUT2D eigenvalue weighted by Crippen LogP contribution is -2.19. The highest BCUT2D eigenvalue weighted by Gasteiger charge is 2.25. The SMILES string of the molecule is CC(C)OC(=O)C[C@@H]1Cc2ccc(OCCCN=c3cc(OC(C)C)ccn3O)cc2Cc2ccccc21. The van der Waals surface area contributed by atoms with Crippen molar-refractivity contribution in [2.75, 3.05) is 13.2 Å². The molecule has 0 saturated heterocycles. The summed E-state index contributed by atoms with van der Waals surface area (Å²) in [4.78, 5) is 17.0. The second kappa shape index (κ2) is 12.7. The van der Waals surface area contributed by atoms with Crippen LogP contribution in [0.15, 0.2) is 65.8 Å². The third-order valence-electron chi connectivity index (χ3n) is 6.40. The largest absolute Gasteiger partial charge is 0.494 e. The fourth-order valence-corrected chi connectivity index (χ4v) is 4.80. The molecule has 0 radical (unpaired) electrons. The van der Waals surface area contributed by atoms with Gasteiger partial charge in [0.2, 0.25) is 0 Å². The fraction of sp³-hybridized carbons (Fsp3) is 0.419. The first-order valence-corrected chi connectivity index (χ1v) is 13.4. The highest BCUT2D eigenvalue weighted by molar-refractivity contribution is 5.71. The van der Waals surface area contributed by atoms with Gasteiger partial charge in [0.25, 0.3) is 0 Å². The molecule has 1 atom stereocenters. The van der Waals surface area contributed by atoms with Gasteiger partial charge in [-0.05, 0) is 80.8 Å². The van der Waals surface area contributed by atoms with Gasteiger partial charge in [0.05, 0.1) is 25.2 Å². The lowest BCUT2D eigenvalue weighted by atomic mass is 9.89. The lowest BCUT2D eigenvalue weighted by Gasteiger charge is -2.18. The minimum atomic E-state index is -0.153. The molecule has 0 unspecified atom stereocenters. The third-order valence-corrected chi connectivity index (χ3v) is 6.40. The Kier molecular flexibility index (Phi) is 9.10. The number of ether oxygens (including phenoxy) is 3. The topological polar surface area (TPSA) is 82.3 Å². The summed E-state index contributed by atoms with van der Waals surface area (Å²) >= 11 is 0. The molecule has 38 heavy (non-hydrogen) atoms. The van der Waals surface area contributed by atoms with Crippen LogP contribution in [0.5, 0.6) is 11.5 Å². The van der Waals surface area contributed by atoms with Gasteiger partial charge in [0.15, 0.2) is 5.49 Å². The maximum Gasteiger partial charge on any atom is 0.306 e. The molecule has 202 valence electrons. The van der Waals surface area contributed by atoms with Crippen molar-refractivity contribution in [3.8, 4) is 11.5 Å². The normalized spacial score (nSPS) is 15.1. The molecule has 1 aliphatic rings. The number of nitrogens with zero attached hydrogens (tertiary/aromatic N) is 2. The predicted octanol–water partition coefficient (Wildman–Crippen LogP) is 5.45. The number of hydrogen-bond donors (Lipinski definition) is 1. The molecule has 7 heteroatoms. The first kappa shape index (κ1) is 27.3. The van der Waals surface area contributed by atoms with Crippen molar-refractivity contribution in [1.82, 2.24) is 4.73 Å². The van der Waals surface area contributed by atoms with Crippen LogP contribution in [0.25, 0.3) is 0 Å². The number of aromatic nitrogens is 1. The molecule has 4 rings (SSSR count). The number of fused-ring (bicyclic) bond motifs is 2. The molecule has 0 aliphatic heterocycles. The average molecular weight is 519 g/mol. The summed E-state index contributed by atoms with van der Waals surface area (Å²) in [7, 11) is 0. The van der Waals surface area contributed by atoms with Gasteiger partial charge in [-0.3, -0.25) is 9.79 Å². The maximum absolute atomic E-state index is 12.5. The molecule has 3 aromatic rings. The highest BCUT2D eigenvalue weighted by Crippen LogP contribution is 2.35. The first-order chi connectivity index (χ1) is 18.3. The van der Waals surface area contributed by atoms with Gasteiger partial charge in [0.1, 0.15) is 11.5 Å². The smallest absolute Gasteiger partial charge is 0.306 e. The Morgan fingerprint density at radius 2 is 1.82 bits per heavy atom. The molecular weight excluding hydrogens is 480 g/mol. The molecule has 0 saturated carbocycles. The van der Waals surface area contributed by atoms with E-state index in [9.17, 15) is 10.0 Å². The molecule has 1 aromatic heterocycles. The van der Waals surface area contributed by atoms with Gasteiger partial charge in [-0.2, -0.15) is 4.73 Å². The van der Waals surface area contributed by atoms with Crippen LogP contribution in [0.4, 0.5) is 0 Å². The Hall–Kier alpha value is -3.74. The summed E-state index contributed by atoms with van der Waals surface area (Å²) in [5.41, 5.74) is 5.37. The van der Waals surface area contributed by atoms with E-state index in [0.717, 1.165) is 23.3 Å². The molecule has 1 aliphatic carbocycles. The molecule has 0 spiro atoms. The van der Waals surface area contributed by atoms with E-state index in [-0.39, 0.29) is 24.1 Å². The number of carbonyl (C=O) groups excluding carboxylic acids is 1. The van der Waals surface area contributed by atoms with Crippen LogP contribution in [0.2, 0.25) is 0 Å². The van der Waals surface area contributed by atoms with Crippen LogP contribution < -0.4 is 15.0 Å². The Labute approximate surface area is 224 Å². The van der Waals surface area contributed by atoms with E-state index in [1.165, 1.54) is 28.5 Å². The first-order valence-electron chi connectivity index (χ1n) is 13.4. The van der Waals surface area contributed by atoms with Crippen LogP contribution in [-0.2, 0) is 22.4 Å². The maximum atomic E-state index is 12.5. The molecule has 1 N–H and O–H groups in total. The number of esters is 1. The Balaban J connectivity index is 1.40. The molecule has 7 nitrogen and oxygen atoms in total. The van der Waals surface area contributed by atoms with E-state index >= 15 is 0 Å². The summed E-state index contributed by atoms with van der Waals surface area (Å²) in [5, 5.41) is 10.0. The van der Waals surface area contributed by atoms with Crippen molar-refractivity contribution in [1.29, 1.82) is 0 Å². The van der Waals surface area contributed by atoms with Crippen molar-refractivity contribution in [2.45, 2.75) is 71.5 Å². The Bertz CT molecular complexity index is 1310. The zero-order chi connectivity index (χ0) is 27.1. The Morgan fingerprint density at radius 3 is 2.61 bits per heavy atom. The molecule has 1 heterocycles. The van der Waals surface area contributed by atoms with Gasteiger partial charge >= 0.3 is 5.97 Å². The molecular formula is C31H38N2O5.